The fourth-order valence-electron chi connectivity index (χ4n) is 1.37. The molecule has 0 saturated carbocycles. The molecular formula is C12H12BF4NO. The molecule has 0 amide bonds. The number of nitrogens with zero attached hydrogens (tertiary/aromatic N) is 1. The number of aromatic nitrogens is 1. The lowest BCUT2D eigenvalue weighted by molar-refractivity contribution is -0.885. The SMILES string of the molecule is CO[n+]1cccc(-c2ccccc2)c1.FB(F)F.[F-]. The van der Waals surface area contributed by atoms with Crippen molar-refractivity contribution in [2.75, 3.05) is 7.11 Å². The minimum atomic E-state index is -3.67. The van der Waals surface area contributed by atoms with Crippen LogP contribution in [0.3, 0.4) is 0 Å². The van der Waals surface area contributed by atoms with E-state index in [-0.39, 0.29) is 4.70 Å². The predicted molar refractivity (Wildman–Crippen MR) is 63.7 cm³/mol. The number of rotatable bonds is 2. The zero-order valence-corrected chi connectivity index (χ0v) is 10.1. The molecule has 2 aromatic rings. The van der Waals surface area contributed by atoms with Crippen molar-refractivity contribution in [1.29, 1.82) is 0 Å². The molecule has 102 valence electrons. The van der Waals surface area contributed by atoms with Gasteiger partial charge in [-0.3, -0.25) is 17.8 Å². The van der Waals surface area contributed by atoms with Gasteiger partial charge in [-0.05, 0) is 11.6 Å². The van der Waals surface area contributed by atoms with E-state index < -0.39 is 7.54 Å². The molecule has 1 heterocycles. The molecular weight excluding hydrogens is 261 g/mol. The molecule has 1 aromatic heterocycles. The van der Waals surface area contributed by atoms with E-state index in [0.29, 0.717) is 0 Å². The molecule has 0 aliphatic rings. The molecule has 0 fully saturated rings. The van der Waals surface area contributed by atoms with Crippen LogP contribution >= 0.6 is 0 Å². The molecule has 0 spiro atoms. The Bertz CT molecular complexity index is 468. The van der Waals surface area contributed by atoms with E-state index in [1.165, 1.54) is 5.56 Å². The molecule has 0 aliphatic carbocycles. The Morgan fingerprint density at radius 1 is 0.947 bits per heavy atom. The van der Waals surface area contributed by atoms with E-state index >= 15 is 0 Å². The third-order valence-electron chi connectivity index (χ3n) is 2.09. The fraction of sp³-hybridized carbons (Fsp3) is 0.0833. The van der Waals surface area contributed by atoms with Gasteiger partial charge in [0.25, 0.3) is 0 Å². The second-order valence-electron chi connectivity index (χ2n) is 3.25. The molecule has 2 rings (SSSR count). The van der Waals surface area contributed by atoms with Crippen LogP contribution in [0.25, 0.3) is 11.1 Å². The highest BCUT2D eigenvalue weighted by Crippen LogP contribution is 2.15. The Labute approximate surface area is 109 Å². The van der Waals surface area contributed by atoms with Gasteiger partial charge < -0.3 is 4.70 Å². The molecule has 0 bridgehead atoms. The summed E-state index contributed by atoms with van der Waals surface area (Å²) in [6.45, 7) is 0. The zero-order chi connectivity index (χ0) is 13.4. The van der Waals surface area contributed by atoms with Crippen molar-refractivity contribution in [3.8, 4) is 11.1 Å². The van der Waals surface area contributed by atoms with Crippen molar-refractivity contribution < 1.29 is 27.2 Å². The van der Waals surface area contributed by atoms with Gasteiger partial charge in [-0.1, -0.05) is 30.3 Å². The van der Waals surface area contributed by atoms with Crippen LogP contribution in [-0.2, 0) is 0 Å². The van der Waals surface area contributed by atoms with Crippen molar-refractivity contribution in [3.05, 3.63) is 54.9 Å². The monoisotopic (exact) mass is 273 g/mol. The van der Waals surface area contributed by atoms with Crippen LogP contribution in [0.2, 0.25) is 0 Å². The number of pyridine rings is 1. The van der Waals surface area contributed by atoms with E-state index in [1.54, 1.807) is 11.8 Å². The first-order valence-electron chi connectivity index (χ1n) is 5.17. The van der Waals surface area contributed by atoms with Crippen molar-refractivity contribution in [3.63, 3.8) is 0 Å². The third-order valence-corrected chi connectivity index (χ3v) is 2.09. The molecule has 0 radical (unpaired) electrons. The largest absolute Gasteiger partial charge is 1.00 e. The van der Waals surface area contributed by atoms with E-state index in [0.717, 1.165) is 5.56 Å². The lowest BCUT2D eigenvalue weighted by atomic mass is 10.1. The highest BCUT2D eigenvalue weighted by Gasteiger charge is 2.06. The van der Waals surface area contributed by atoms with Crippen LogP contribution in [-0.4, -0.2) is 14.7 Å². The van der Waals surface area contributed by atoms with Crippen LogP contribution in [0, 0.1) is 0 Å². The number of benzene rings is 1. The first kappa shape index (κ1) is 17.0. The highest BCUT2D eigenvalue weighted by molar-refractivity contribution is 6.33. The average Bonchev–Trinajstić information content (AvgIpc) is 2.39. The molecule has 0 atom stereocenters. The third kappa shape index (κ3) is 6.45. The van der Waals surface area contributed by atoms with Crippen molar-refractivity contribution in [2.45, 2.75) is 0 Å². The van der Waals surface area contributed by atoms with Gasteiger partial charge in [0.1, 0.15) is 7.11 Å². The molecule has 0 saturated heterocycles. The average molecular weight is 273 g/mol. The first-order chi connectivity index (χ1) is 8.63. The van der Waals surface area contributed by atoms with Crippen LogP contribution < -0.4 is 14.3 Å². The van der Waals surface area contributed by atoms with Crippen LogP contribution in [0.15, 0.2) is 54.9 Å². The van der Waals surface area contributed by atoms with Crippen molar-refractivity contribution >= 4 is 7.54 Å². The Morgan fingerprint density at radius 2 is 1.47 bits per heavy atom. The molecule has 0 unspecified atom stereocenters. The summed E-state index contributed by atoms with van der Waals surface area (Å²) in [5, 5.41) is 0. The number of hydrogen-bond donors (Lipinski definition) is 0. The summed E-state index contributed by atoms with van der Waals surface area (Å²) >= 11 is 0. The predicted octanol–water partition coefficient (Wildman–Crippen LogP) is -0.417. The minimum Gasteiger partial charge on any atom is -1.00 e. The molecule has 2 nitrogen and oxygen atoms in total. The van der Waals surface area contributed by atoms with Crippen LogP contribution in [0.4, 0.5) is 12.9 Å². The highest BCUT2D eigenvalue weighted by atomic mass is 19.4. The Morgan fingerprint density at radius 3 is 2.00 bits per heavy atom. The lowest BCUT2D eigenvalue weighted by Gasteiger charge is -1.98. The first-order valence-corrected chi connectivity index (χ1v) is 5.17. The Balaban J connectivity index is 0.000000576. The van der Waals surface area contributed by atoms with Gasteiger partial charge in [0.05, 0.1) is 5.56 Å². The van der Waals surface area contributed by atoms with Gasteiger partial charge in [0, 0.05) is 10.8 Å². The lowest BCUT2D eigenvalue weighted by Crippen LogP contribution is -3.00. The summed E-state index contributed by atoms with van der Waals surface area (Å²) in [6.07, 6.45) is 3.82. The summed E-state index contributed by atoms with van der Waals surface area (Å²) < 4.78 is 30.7. The molecule has 0 N–H and O–H groups in total. The summed E-state index contributed by atoms with van der Waals surface area (Å²) in [6, 6.07) is 14.2. The molecule has 1 aromatic carbocycles. The Kier molecular flexibility index (Phi) is 8.00. The van der Waals surface area contributed by atoms with Crippen molar-refractivity contribution in [1.82, 2.24) is 0 Å². The number of halogens is 4. The second-order valence-corrected chi connectivity index (χ2v) is 3.25. The van der Waals surface area contributed by atoms with E-state index in [4.69, 9.17) is 4.84 Å². The smallest absolute Gasteiger partial charge is 0.762 e. The fourth-order valence-corrected chi connectivity index (χ4v) is 1.37. The second kappa shape index (κ2) is 8.96. The summed E-state index contributed by atoms with van der Waals surface area (Å²) in [5.74, 6) is 0. The van der Waals surface area contributed by atoms with E-state index in [9.17, 15) is 12.9 Å². The van der Waals surface area contributed by atoms with Crippen LogP contribution in [0.5, 0.6) is 0 Å². The summed E-state index contributed by atoms with van der Waals surface area (Å²) in [5.41, 5.74) is 2.34. The zero-order valence-electron chi connectivity index (χ0n) is 10.1. The Hall–Kier alpha value is -2.05. The standard InChI is InChI=1S/C12H12NO.BF3.FH/c1-14-13-9-5-8-12(10-13)11-6-3-2-4-7-11;2-1(3)4;/h2-10H,1H3;;1H/q+1;;/p-1. The van der Waals surface area contributed by atoms with Crippen LogP contribution in [0.1, 0.15) is 0 Å². The molecule has 0 aliphatic heterocycles. The van der Waals surface area contributed by atoms with Gasteiger partial charge in [0.15, 0.2) is 0 Å². The van der Waals surface area contributed by atoms with Gasteiger partial charge in [-0.25, -0.2) is 0 Å². The molecule has 7 heteroatoms. The molecule has 19 heavy (non-hydrogen) atoms. The quantitative estimate of drug-likeness (QED) is 0.411. The topological polar surface area (TPSA) is 13.1 Å². The van der Waals surface area contributed by atoms with E-state index in [1.807, 2.05) is 36.7 Å². The van der Waals surface area contributed by atoms with Gasteiger partial charge in [0.2, 0.25) is 12.4 Å². The van der Waals surface area contributed by atoms with E-state index in [2.05, 4.69) is 18.2 Å². The van der Waals surface area contributed by atoms with Crippen molar-refractivity contribution in [2.24, 2.45) is 0 Å². The van der Waals surface area contributed by atoms with Gasteiger partial charge in [-0.2, -0.15) is 0 Å². The minimum absolute atomic E-state index is 0. The number of hydrogen-bond acceptors (Lipinski definition) is 1. The maximum absolute atomic E-state index is 9.67. The summed E-state index contributed by atoms with van der Waals surface area (Å²) in [4.78, 5) is 5.09. The van der Waals surface area contributed by atoms with Gasteiger partial charge in [-0.15, -0.1) is 0 Å². The maximum atomic E-state index is 9.67. The maximum Gasteiger partial charge on any atom is 0.762 e. The van der Waals surface area contributed by atoms with Gasteiger partial charge >= 0.3 is 7.54 Å². The normalized spacial score (nSPS) is 8.63. The summed E-state index contributed by atoms with van der Waals surface area (Å²) in [7, 11) is -2.02.